The molecule has 0 aromatic rings. The van der Waals surface area contributed by atoms with Crippen LogP contribution in [0.1, 0.15) is 206 Å². The zero-order valence-corrected chi connectivity index (χ0v) is 34.7. The summed E-state index contributed by atoms with van der Waals surface area (Å²) < 4.78 is 33.3. The Balaban J connectivity index is 4.11. The van der Waals surface area contributed by atoms with Crippen LogP contribution in [0.4, 0.5) is 0 Å². The van der Waals surface area contributed by atoms with Gasteiger partial charge in [-0.2, -0.15) is 0 Å². The monoisotopic (exact) mass is 763 g/mol. The fraction of sp³-hybridized carbons (Fsp3) is 0.929. The van der Waals surface area contributed by atoms with Crippen LogP contribution in [-0.4, -0.2) is 66.3 Å². The standard InChI is InChI=1S/C42H83O9P/c1-3-5-7-9-11-13-15-17-18-19-20-21-22-23-25-27-29-31-33-35-48-38-41(39-50-52(46,47)49-37-40(44)36-43)51-42(45)34-32-30-28-26-24-16-14-12-10-8-6-4-2/h18-19,40-41,43-44H,3-17,20-39H2,1-2H3,(H,46,47)/b19-18-. The van der Waals surface area contributed by atoms with E-state index in [1.54, 1.807) is 0 Å². The molecule has 3 unspecified atom stereocenters. The van der Waals surface area contributed by atoms with Gasteiger partial charge in [-0.25, -0.2) is 4.57 Å². The van der Waals surface area contributed by atoms with Crippen molar-refractivity contribution in [1.29, 1.82) is 0 Å². The van der Waals surface area contributed by atoms with E-state index in [1.165, 1.54) is 148 Å². The van der Waals surface area contributed by atoms with Crippen LogP contribution in [0.3, 0.4) is 0 Å². The molecule has 310 valence electrons. The van der Waals surface area contributed by atoms with Crippen molar-refractivity contribution in [3.63, 3.8) is 0 Å². The SMILES string of the molecule is CCCCCCCCC/C=C\CCCCCCCCCCOCC(COP(=O)(O)OCC(O)CO)OC(=O)CCCCCCCCCCCCCC. The van der Waals surface area contributed by atoms with Gasteiger partial charge in [0, 0.05) is 13.0 Å². The molecule has 0 radical (unpaired) electrons. The lowest BCUT2D eigenvalue weighted by Crippen LogP contribution is -2.29. The summed E-state index contributed by atoms with van der Waals surface area (Å²) in [5, 5.41) is 18.3. The molecule has 0 bridgehead atoms. The van der Waals surface area contributed by atoms with Gasteiger partial charge in [0.2, 0.25) is 0 Å². The van der Waals surface area contributed by atoms with Crippen molar-refractivity contribution in [2.75, 3.05) is 33.0 Å². The van der Waals surface area contributed by atoms with Crippen molar-refractivity contribution in [1.82, 2.24) is 0 Å². The Hall–Kier alpha value is -0.800. The number of rotatable bonds is 42. The molecular formula is C42H83O9P. The number of phosphoric ester groups is 1. The smallest absolute Gasteiger partial charge is 0.457 e. The molecule has 0 saturated carbocycles. The number of unbranched alkanes of at least 4 members (excludes halogenated alkanes) is 26. The fourth-order valence-electron chi connectivity index (χ4n) is 6.12. The first-order valence-electron chi connectivity index (χ1n) is 21.7. The molecule has 0 heterocycles. The van der Waals surface area contributed by atoms with E-state index in [9.17, 15) is 19.4 Å². The van der Waals surface area contributed by atoms with E-state index in [-0.39, 0.29) is 25.6 Å². The third-order valence-corrected chi connectivity index (χ3v) is 10.4. The zero-order chi connectivity index (χ0) is 38.2. The average Bonchev–Trinajstić information content (AvgIpc) is 3.13. The summed E-state index contributed by atoms with van der Waals surface area (Å²) in [6.45, 7) is 3.54. The maximum Gasteiger partial charge on any atom is 0.472 e. The molecule has 3 atom stereocenters. The van der Waals surface area contributed by atoms with E-state index in [0.717, 1.165) is 38.5 Å². The van der Waals surface area contributed by atoms with Crippen molar-refractivity contribution in [2.24, 2.45) is 0 Å². The Morgan fingerprint density at radius 3 is 1.44 bits per heavy atom. The Morgan fingerprint density at radius 2 is 0.981 bits per heavy atom. The summed E-state index contributed by atoms with van der Waals surface area (Å²) >= 11 is 0. The van der Waals surface area contributed by atoms with Crippen LogP contribution in [-0.2, 0) is 27.9 Å². The highest BCUT2D eigenvalue weighted by Crippen LogP contribution is 2.43. The molecular weight excluding hydrogens is 679 g/mol. The molecule has 0 rings (SSSR count). The summed E-state index contributed by atoms with van der Waals surface area (Å²) in [4.78, 5) is 22.5. The lowest BCUT2D eigenvalue weighted by atomic mass is 10.0. The van der Waals surface area contributed by atoms with E-state index < -0.39 is 33.2 Å². The van der Waals surface area contributed by atoms with E-state index in [2.05, 4.69) is 26.0 Å². The molecule has 0 saturated heterocycles. The number of carbonyl (C=O) groups is 1. The van der Waals surface area contributed by atoms with E-state index >= 15 is 0 Å². The molecule has 0 aliphatic rings. The summed E-state index contributed by atoms with van der Waals surface area (Å²) in [5.74, 6) is -0.381. The second-order valence-electron chi connectivity index (χ2n) is 14.7. The first-order chi connectivity index (χ1) is 25.3. The van der Waals surface area contributed by atoms with E-state index in [1.807, 2.05) is 0 Å². The maximum absolute atomic E-state index is 12.6. The summed E-state index contributed by atoms with van der Waals surface area (Å²) in [5.41, 5.74) is 0. The highest BCUT2D eigenvalue weighted by molar-refractivity contribution is 7.47. The molecule has 0 aromatic carbocycles. The third kappa shape index (κ3) is 38.9. The lowest BCUT2D eigenvalue weighted by Gasteiger charge is -2.20. The van der Waals surface area contributed by atoms with E-state index in [4.69, 9.17) is 23.6 Å². The number of carbonyl (C=O) groups excluding carboxylic acids is 1. The normalized spacial score (nSPS) is 14.2. The minimum absolute atomic E-state index is 0.0525. The van der Waals surface area contributed by atoms with Crippen molar-refractivity contribution in [3.05, 3.63) is 12.2 Å². The van der Waals surface area contributed by atoms with Gasteiger partial charge in [0.05, 0.1) is 26.4 Å². The predicted molar refractivity (Wildman–Crippen MR) is 215 cm³/mol. The highest BCUT2D eigenvalue weighted by atomic mass is 31.2. The summed E-state index contributed by atoms with van der Waals surface area (Å²) in [6.07, 6.45) is 38.8. The molecule has 52 heavy (non-hydrogen) atoms. The van der Waals surface area contributed by atoms with Gasteiger partial charge >= 0.3 is 13.8 Å². The Bertz CT molecular complexity index is 825. The van der Waals surface area contributed by atoms with Crippen molar-refractivity contribution in [2.45, 2.75) is 219 Å². The van der Waals surface area contributed by atoms with Crippen LogP contribution < -0.4 is 0 Å². The van der Waals surface area contributed by atoms with Gasteiger partial charge in [-0.1, -0.05) is 174 Å². The molecule has 0 aliphatic heterocycles. The number of ether oxygens (including phenoxy) is 2. The van der Waals surface area contributed by atoms with Crippen LogP contribution in [0.2, 0.25) is 0 Å². The number of phosphoric acid groups is 1. The van der Waals surface area contributed by atoms with Gasteiger partial charge in [-0.05, 0) is 38.5 Å². The van der Waals surface area contributed by atoms with Crippen LogP contribution in [0.5, 0.6) is 0 Å². The minimum atomic E-state index is -4.51. The largest absolute Gasteiger partial charge is 0.472 e. The zero-order valence-electron chi connectivity index (χ0n) is 33.8. The Morgan fingerprint density at radius 1 is 0.577 bits per heavy atom. The van der Waals surface area contributed by atoms with Crippen LogP contribution in [0, 0.1) is 0 Å². The Kier molecular flexibility index (Phi) is 39.3. The van der Waals surface area contributed by atoms with Gasteiger partial charge in [-0.15, -0.1) is 0 Å². The molecule has 0 amide bonds. The van der Waals surface area contributed by atoms with Gasteiger partial charge in [0.1, 0.15) is 12.2 Å². The predicted octanol–water partition coefficient (Wildman–Crippen LogP) is 11.7. The third-order valence-electron chi connectivity index (χ3n) is 9.45. The van der Waals surface area contributed by atoms with Crippen LogP contribution in [0.25, 0.3) is 0 Å². The maximum atomic E-state index is 12.6. The van der Waals surface area contributed by atoms with Crippen LogP contribution in [0.15, 0.2) is 12.2 Å². The molecule has 9 nitrogen and oxygen atoms in total. The molecule has 0 spiro atoms. The van der Waals surface area contributed by atoms with Gasteiger partial charge < -0.3 is 24.6 Å². The Labute approximate surface area is 320 Å². The molecule has 0 aromatic heterocycles. The fourth-order valence-corrected chi connectivity index (χ4v) is 6.91. The van der Waals surface area contributed by atoms with Crippen molar-refractivity contribution in [3.8, 4) is 0 Å². The quantitative estimate of drug-likeness (QED) is 0.0241. The summed E-state index contributed by atoms with van der Waals surface area (Å²) in [7, 11) is -4.51. The highest BCUT2D eigenvalue weighted by Gasteiger charge is 2.26. The lowest BCUT2D eigenvalue weighted by molar-refractivity contribution is -0.154. The first-order valence-corrected chi connectivity index (χ1v) is 23.2. The topological polar surface area (TPSA) is 132 Å². The van der Waals surface area contributed by atoms with Crippen molar-refractivity contribution >= 4 is 13.8 Å². The van der Waals surface area contributed by atoms with E-state index in [0.29, 0.717) is 6.61 Å². The summed E-state index contributed by atoms with van der Waals surface area (Å²) in [6, 6.07) is 0. The molecule has 0 aliphatic carbocycles. The molecule has 0 fully saturated rings. The first kappa shape index (κ1) is 51.2. The molecule has 3 N–H and O–H groups in total. The van der Waals surface area contributed by atoms with Gasteiger partial charge in [-0.3, -0.25) is 13.8 Å². The van der Waals surface area contributed by atoms with Gasteiger partial charge in [0.15, 0.2) is 0 Å². The second kappa shape index (κ2) is 39.9. The van der Waals surface area contributed by atoms with Gasteiger partial charge in [0.25, 0.3) is 0 Å². The number of esters is 1. The number of allylic oxidation sites excluding steroid dienone is 2. The average molecular weight is 763 g/mol. The second-order valence-corrected chi connectivity index (χ2v) is 16.2. The minimum Gasteiger partial charge on any atom is -0.457 e. The van der Waals surface area contributed by atoms with Crippen molar-refractivity contribution < 1.29 is 43.0 Å². The number of hydrogen-bond donors (Lipinski definition) is 3. The number of hydrogen-bond acceptors (Lipinski definition) is 8. The molecule has 10 heteroatoms. The number of aliphatic hydroxyl groups is 2. The number of aliphatic hydroxyl groups excluding tert-OH is 2. The van der Waals surface area contributed by atoms with Crippen LogP contribution >= 0.6 is 7.82 Å².